The van der Waals surface area contributed by atoms with Crippen LogP contribution in [0.15, 0.2) is 36.8 Å². The highest BCUT2D eigenvalue weighted by molar-refractivity contribution is 5.31. The van der Waals surface area contributed by atoms with Crippen LogP contribution < -0.4 is 5.32 Å². The van der Waals surface area contributed by atoms with Crippen LogP contribution in [0.5, 0.6) is 0 Å². The monoisotopic (exact) mass is 211 g/mol. The van der Waals surface area contributed by atoms with Crippen molar-refractivity contribution in [1.29, 1.82) is 5.26 Å². The van der Waals surface area contributed by atoms with Gasteiger partial charge in [0.15, 0.2) is 0 Å². The van der Waals surface area contributed by atoms with E-state index in [1.54, 1.807) is 24.7 Å². The number of anilines is 1. The zero-order chi connectivity index (χ0) is 11.2. The standard InChI is InChI=1S/C11H9N5/c12-7-10-3-6-14-11(16-10)15-8-9-1-4-13-5-2-9/h1-6H,8H2,(H,14,15,16). The topological polar surface area (TPSA) is 74.5 Å². The van der Waals surface area contributed by atoms with Crippen LogP contribution in [0.3, 0.4) is 0 Å². The van der Waals surface area contributed by atoms with Crippen molar-refractivity contribution in [3.05, 3.63) is 48.0 Å². The molecule has 0 aliphatic rings. The van der Waals surface area contributed by atoms with Gasteiger partial charge in [0.05, 0.1) is 0 Å². The third-order valence-corrected chi connectivity index (χ3v) is 1.97. The molecule has 0 spiro atoms. The first-order chi connectivity index (χ1) is 7.88. The minimum atomic E-state index is 0.354. The molecule has 16 heavy (non-hydrogen) atoms. The lowest BCUT2D eigenvalue weighted by Crippen LogP contribution is -2.04. The van der Waals surface area contributed by atoms with E-state index in [1.165, 1.54) is 0 Å². The molecule has 0 amide bonds. The van der Waals surface area contributed by atoms with Gasteiger partial charge >= 0.3 is 0 Å². The molecule has 5 nitrogen and oxygen atoms in total. The van der Waals surface area contributed by atoms with Gasteiger partial charge in [-0.15, -0.1) is 0 Å². The Morgan fingerprint density at radius 2 is 2.00 bits per heavy atom. The maximum Gasteiger partial charge on any atom is 0.224 e. The fourth-order valence-corrected chi connectivity index (χ4v) is 1.19. The molecule has 0 atom stereocenters. The van der Waals surface area contributed by atoms with Crippen molar-refractivity contribution in [3.63, 3.8) is 0 Å². The van der Waals surface area contributed by atoms with Gasteiger partial charge in [-0.2, -0.15) is 5.26 Å². The highest BCUT2D eigenvalue weighted by Crippen LogP contribution is 2.03. The second-order valence-electron chi connectivity index (χ2n) is 3.09. The molecule has 5 heteroatoms. The maximum absolute atomic E-state index is 8.67. The van der Waals surface area contributed by atoms with E-state index < -0.39 is 0 Å². The van der Waals surface area contributed by atoms with Gasteiger partial charge in [0, 0.05) is 25.1 Å². The van der Waals surface area contributed by atoms with Crippen molar-refractivity contribution in [2.24, 2.45) is 0 Å². The van der Waals surface area contributed by atoms with Crippen LogP contribution >= 0.6 is 0 Å². The Kier molecular flexibility index (Phi) is 3.04. The SMILES string of the molecule is N#Cc1ccnc(NCc2ccncc2)n1. The van der Waals surface area contributed by atoms with Crippen LogP contribution in [0.4, 0.5) is 5.95 Å². The van der Waals surface area contributed by atoms with E-state index in [-0.39, 0.29) is 0 Å². The molecule has 0 fully saturated rings. The van der Waals surface area contributed by atoms with Gasteiger partial charge < -0.3 is 5.32 Å². The van der Waals surface area contributed by atoms with E-state index in [1.807, 2.05) is 18.2 Å². The Bertz CT molecular complexity index is 503. The second-order valence-corrected chi connectivity index (χ2v) is 3.09. The van der Waals surface area contributed by atoms with E-state index in [0.717, 1.165) is 5.56 Å². The summed E-state index contributed by atoms with van der Waals surface area (Å²) in [7, 11) is 0. The Morgan fingerprint density at radius 1 is 1.19 bits per heavy atom. The number of aromatic nitrogens is 3. The van der Waals surface area contributed by atoms with E-state index in [4.69, 9.17) is 5.26 Å². The highest BCUT2D eigenvalue weighted by Gasteiger charge is 1.97. The number of hydrogen-bond acceptors (Lipinski definition) is 5. The van der Waals surface area contributed by atoms with Gasteiger partial charge in [0.2, 0.25) is 5.95 Å². The summed E-state index contributed by atoms with van der Waals surface area (Å²) >= 11 is 0. The third kappa shape index (κ3) is 2.51. The molecule has 2 heterocycles. The van der Waals surface area contributed by atoms with Crippen LogP contribution in [-0.2, 0) is 6.54 Å². The maximum atomic E-state index is 8.67. The Hall–Kier alpha value is -2.48. The Balaban J connectivity index is 2.03. The minimum absolute atomic E-state index is 0.354. The zero-order valence-corrected chi connectivity index (χ0v) is 8.46. The number of hydrogen-bond donors (Lipinski definition) is 1. The molecule has 2 aromatic rings. The number of pyridine rings is 1. The number of nitrogens with one attached hydrogen (secondary N) is 1. The van der Waals surface area contributed by atoms with E-state index in [0.29, 0.717) is 18.2 Å². The van der Waals surface area contributed by atoms with E-state index >= 15 is 0 Å². The normalized spacial score (nSPS) is 9.44. The lowest BCUT2D eigenvalue weighted by Gasteiger charge is -2.03. The largest absolute Gasteiger partial charge is 0.350 e. The Morgan fingerprint density at radius 3 is 2.75 bits per heavy atom. The quantitative estimate of drug-likeness (QED) is 0.829. The lowest BCUT2D eigenvalue weighted by molar-refractivity contribution is 1.04. The molecule has 2 aromatic heterocycles. The van der Waals surface area contributed by atoms with Gasteiger partial charge in [-0.3, -0.25) is 4.98 Å². The molecule has 0 aromatic carbocycles. The molecule has 0 saturated carbocycles. The van der Waals surface area contributed by atoms with Crippen molar-refractivity contribution < 1.29 is 0 Å². The first kappa shape index (κ1) is 10.1. The van der Waals surface area contributed by atoms with Crippen molar-refractivity contribution >= 4 is 5.95 Å². The average Bonchev–Trinajstić information content (AvgIpc) is 2.38. The predicted octanol–water partition coefficient (Wildman–Crippen LogP) is 1.36. The molecule has 0 saturated heterocycles. The molecular weight excluding hydrogens is 202 g/mol. The van der Waals surface area contributed by atoms with Gasteiger partial charge in [-0.1, -0.05) is 0 Å². The molecule has 0 bridgehead atoms. The first-order valence-corrected chi connectivity index (χ1v) is 4.74. The van der Waals surface area contributed by atoms with Crippen molar-refractivity contribution in [3.8, 4) is 6.07 Å². The first-order valence-electron chi connectivity index (χ1n) is 4.74. The molecule has 0 aliphatic heterocycles. The molecule has 0 unspecified atom stereocenters. The fourth-order valence-electron chi connectivity index (χ4n) is 1.19. The average molecular weight is 211 g/mol. The number of nitriles is 1. The summed E-state index contributed by atoms with van der Waals surface area (Å²) in [6.45, 7) is 0.609. The molecular formula is C11H9N5. The summed E-state index contributed by atoms with van der Waals surface area (Å²) in [6.07, 6.45) is 5.01. The predicted molar refractivity (Wildman–Crippen MR) is 58.3 cm³/mol. The van der Waals surface area contributed by atoms with Gasteiger partial charge in [0.25, 0.3) is 0 Å². The number of nitrogens with zero attached hydrogens (tertiary/aromatic N) is 4. The minimum Gasteiger partial charge on any atom is -0.350 e. The summed E-state index contributed by atoms with van der Waals surface area (Å²) in [4.78, 5) is 11.9. The smallest absolute Gasteiger partial charge is 0.224 e. The van der Waals surface area contributed by atoms with Crippen molar-refractivity contribution in [2.45, 2.75) is 6.54 Å². The second kappa shape index (κ2) is 4.84. The molecule has 78 valence electrons. The molecule has 1 N–H and O–H groups in total. The Labute approximate surface area is 92.8 Å². The third-order valence-electron chi connectivity index (χ3n) is 1.97. The van der Waals surface area contributed by atoms with Gasteiger partial charge in [0.1, 0.15) is 11.8 Å². The fraction of sp³-hybridized carbons (Fsp3) is 0.0909. The van der Waals surface area contributed by atoms with Crippen LogP contribution in [-0.4, -0.2) is 15.0 Å². The summed E-state index contributed by atoms with van der Waals surface area (Å²) < 4.78 is 0. The summed E-state index contributed by atoms with van der Waals surface area (Å²) in [5.74, 6) is 0.455. The summed E-state index contributed by atoms with van der Waals surface area (Å²) in [6, 6.07) is 7.34. The van der Waals surface area contributed by atoms with Crippen LogP contribution in [0.2, 0.25) is 0 Å². The van der Waals surface area contributed by atoms with Crippen molar-refractivity contribution in [2.75, 3.05) is 5.32 Å². The van der Waals surface area contributed by atoms with E-state index in [2.05, 4.69) is 20.3 Å². The van der Waals surface area contributed by atoms with Crippen LogP contribution in [0, 0.1) is 11.3 Å². The molecule has 0 aliphatic carbocycles. The van der Waals surface area contributed by atoms with Gasteiger partial charge in [-0.05, 0) is 23.8 Å². The zero-order valence-electron chi connectivity index (χ0n) is 8.46. The highest BCUT2D eigenvalue weighted by atomic mass is 15.1. The molecule has 2 rings (SSSR count). The van der Waals surface area contributed by atoms with E-state index in [9.17, 15) is 0 Å². The molecule has 0 radical (unpaired) electrons. The number of rotatable bonds is 3. The van der Waals surface area contributed by atoms with Crippen LogP contribution in [0.25, 0.3) is 0 Å². The lowest BCUT2D eigenvalue weighted by atomic mass is 10.3. The summed E-state index contributed by atoms with van der Waals surface area (Å²) in [5.41, 5.74) is 1.44. The van der Waals surface area contributed by atoms with Crippen molar-refractivity contribution in [1.82, 2.24) is 15.0 Å². The summed E-state index contributed by atoms with van der Waals surface area (Å²) in [5, 5.41) is 11.7. The van der Waals surface area contributed by atoms with Gasteiger partial charge in [-0.25, -0.2) is 9.97 Å². The van der Waals surface area contributed by atoms with Crippen LogP contribution in [0.1, 0.15) is 11.3 Å².